The highest BCUT2D eigenvalue weighted by atomic mass is 79.9. The lowest BCUT2D eigenvalue weighted by atomic mass is 10.1. The van der Waals surface area contributed by atoms with Gasteiger partial charge in [0.25, 0.3) is 0 Å². The largest absolute Gasteiger partial charge is 0.478 e. The summed E-state index contributed by atoms with van der Waals surface area (Å²) in [5.74, 6) is -0.904. The van der Waals surface area contributed by atoms with Crippen molar-refractivity contribution in [3.63, 3.8) is 0 Å². The van der Waals surface area contributed by atoms with Crippen LogP contribution in [0.25, 0.3) is 0 Å². The molecule has 0 radical (unpaired) electrons. The van der Waals surface area contributed by atoms with Gasteiger partial charge in [-0.25, -0.2) is 4.79 Å². The lowest BCUT2D eigenvalue weighted by Crippen LogP contribution is -2.41. The van der Waals surface area contributed by atoms with Gasteiger partial charge in [0.1, 0.15) is 0 Å². The van der Waals surface area contributed by atoms with E-state index in [9.17, 15) is 4.79 Å². The second kappa shape index (κ2) is 7.09. The zero-order chi connectivity index (χ0) is 14.5. The minimum atomic E-state index is -0.904. The molecule has 1 unspecified atom stereocenters. The van der Waals surface area contributed by atoms with E-state index < -0.39 is 5.97 Å². The number of carbonyl (C=O) groups is 1. The Morgan fingerprint density at radius 3 is 2.70 bits per heavy atom. The van der Waals surface area contributed by atoms with E-state index >= 15 is 0 Å². The van der Waals surface area contributed by atoms with Crippen molar-refractivity contribution in [1.82, 2.24) is 4.90 Å². The third-order valence-electron chi connectivity index (χ3n) is 3.76. The molecule has 0 bridgehead atoms. The molecule has 1 aliphatic heterocycles. The normalized spacial score (nSPS) is 17.7. The first-order valence-electron chi connectivity index (χ1n) is 7.08. The summed E-state index contributed by atoms with van der Waals surface area (Å²) in [6, 6.07) is 5.66. The van der Waals surface area contributed by atoms with Gasteiger partial charge in [-0.15, -0.1) is 0 Å². The van der Waals surface area contributed by atoms with E-state index in [0.29, 0.717) is 11.6 Å². The standard InChI is InChI=1S/C15H21BrN2O2/c1-11(18-5-3-2-4-6-18)10-17-14-8-12(15(19)20)7-13(16)9-14/h7-9,11,17H,2-6,10H2,1H3,(H,19,20). The van der Waals surface area contributed by atoms with Crippen molar-refractivity contribution in [1.29, 1.82) is 0 Å². The summed E-state index contributed by atoms with van der Waals surface area (Å²) < 4.78 is 0.783. The number of aromatic carboxylic acids is 1. The molecule has 1 aromatic carbocycles. The molecule has 5 heteroatoms. The van der Waals surface area contributed by atoms with E-state index in [1.165, 1.54) is 32.4 Å². The smallest absolute Gasteiger partial charge is 0.335 e. The van der Waals surface area contributed by atoms with Gasteiger partial charge in [-0.3, -0.25) is 4.90 Å². The van der Waals surface area contributed by atoms with Crippen molar-refractivity contribution in [2.24, 2.45) is 0 Å². The SMILES string of the molecule is CC(CNc1cc(Br)cc(C(=O)O)c1)N1CCCCC1. The first-order chi connectivity index (χ1) is 9.56. The number of rotatable bonds is 5. The number of benzene rings is 1. The Hall–Kier alpha value is -1.07. The molecular weight excluding hydrogens is 320 g/mol. The molecular formula is C15H21BrN2O2. The molecule has 1 saturated heterocycles. The van der Waals surface area contributed by atoms with Gasteiger partial charge in [-0.05, 0) is 51.1 Å². The molecule has 1 heterocycles. The molecule has 2 N–H and O–H groups in total. The van der Waals surface area contributed by atoms with Crippen LogP contribution in [0.5, 0.6) is 0 Å². The van der Waals surface area contributed by atoms with E-state index in [-0.39, 0.29) is 0 Å². The lowest BCUT2D eigenvalue weighted by Gasteiger charge is -2.32. The number of anilines is 1. The maximum Gasteiger partial charge on any atom is 0.335 e. The van der Waals surface area contributed by atoms with E-state index in [2.05, 4.69) is 33.1 Å². The van der Waals surface area contributed by atoms with Gasteiger partial charge in [0.05, 0.1) is 5.56 Å². The number of piperidine rings is 1. The van der Waals surface area contributed by atoms with Crippen LogP contribution in [-0.2, 0) is 0 Å². The summed E-state index contributed by atoms with van der Waals surface area (Å²) in [5.41, 5.74) is 1.15. The van der Waals surface area contributed by atoms with Gasteiger partial charge in [-0.2, -0.15) is 0 Å². The fourth-order valence-electron chi connectivity index (χ4n) is 2.57. The van der Waals surface area contributed by atoms with Gasteiger partial charge >= 0.3 is 5.97 Å². The summed E-state index contributed by atoms with van der Waals surface area (Å²) in [4.78, 5) is 13.5. The summed E-state index contributed by atoms with van der Waals surface area (Å²) in [5, 5.41) is 12.4. The number of halogens is 1. The predicted octanol–water partition coefficient (Wildman–Crippen LogP) is 3.43. The predicted molar refractivity (Wildman–Crippen MR) is 84.5 cm³/mol. The van der Waals surface area contributed by atoms with Gasteiger partial charge in [-0.1, -0.05) is 22.4 Å². The summed E-state index contributed by atoms with van der Waals surface area (Å²) in [6.45, 7) is 5.38. The topological polar surface area (TPSA) is 52.6 Å². The van der Waals surface area contributed by atoms with Crippen molar-refractivity contribution < 1.29 is 9.90 Å². The van der Waals surface area contributed by atoms with Crippen molar-refractivity contribution in [2.45, 2.75) is 32.2 Å². The number of hydrogen-bond donors (Lipinski definition) is 2. The van der Waals surface area contributed by atoms with Crippen LogP contribution >= 0.6 is 15.9 Å². The van der Waals surface area contributed by atoms with Gasteiger partial charge in [0.15, 0.2) is 0 Å². The first-order valence-corrected chi connectivity index (χ1v) is 7.87. The molecule has 0 amide bonds. The van der Waals surface area contributed by atoms with Crippen LogP contribution in [0.4, 0.5) is 5.69 Å². The zero-order valence-electron chi connectivity index (χ0n) is 11.7. The summed E-state index contributed by atoms with van der Waals surface area (Å²) >= 11 is 3.35. The molecule has 0 aromatic heterocycles. The number of carboxylic acids is 1. The molecule has 110 valence electrons. The number of carboxylic acid groups (broad SMARTS) is 1. The van der Waals surface area contributed by atoms with Crippen LogP contribution in [0.1, 0.15) is 36.5 Å². The minimum absolute atomic E-state index is 0.299. The first kappa shape index (κ1) is 15.3. The Kier molecular flexibility index (Phi) is 5.43. The van der Waals surface area contributed by atoms with Crippen LogP contribution in [0.2, 0.25) is 0 Å². The minimum Gasteiger partial charge on any atom is -0.478 e. The molecule has 0 saturated carbocycles. The Labute approximate surface area is 128 Å². The number of nitrogens with zero attached hydrogens (tertiary/aromatic N) is 1. The fraction of sp³-hybridized carbons (Fsp3) is 0.533. The highest BCUT2D eigenvalue weighted by Crippen LogP contribution is 2.20. The van der Waals surface area contributed by atoms with Crippen molar-refractivity contribution >= 4 is 27.6 Å². The molecule has 1 fully saturated rings. The number of nitrogens with one attached hydrogen (secondary N) is 1. The van der Waals surface area contributed by atoms with E-state index in [1.807, 2.05) is 6.07 Å². The van der Waals surface area contributed by atoms with Crippen molar-refractivity contribution in [2.75, 3.05) is 25.0 Å². The fourth-order valence-corrected chi connectivity index (χ4v) is 3.06. The monoisotopic (exact) mass is 340 g/mol. The second-order valence-electron chi connectivity index (χ2n) is 5.36. The molecule has 20 heavy (non-hydrogen) atoms. The van der Waals surface area contributed by atoms with E-state index in [0.717, 1.165) is 16.7 Å². The molecule has 1 aliphatic rings. The third-order valence-corrected chi connectivity index (χ3v) is 4.22. The lowest BCUT2D eigenvalue weighted by molar-refractivity contribution is 0.0697. The molecule has 1 atom stereocenters. The Bertz CT molecular complexity index is 473. The Morgan fingerprint density at radius 2 is 2.05 bits per heavy atom. The maximum absolute atomic E-state index is 11.0. The van der Waals surface area contributed by atoms with E-state index in [1.54, 1.807) is 12.1 Å². The molecule has 2 rings (SSSR count). The molecule has 1 aromatic rings. The zero-order valence-corrected chi connectivity index (χ0v) is 13.3. The van der Waals surface area contributed by atoms with Crippen LogP contribution in [-0.4, -0.2) is 41.7 Å². The van der Waals surface area contributed by atoms with E-state index in [4.69, 9.17) is 5.11 Å². The quantitative estimate of drug-likeness (QED) is 0.862. The van der Waals surface area contributed by atoms with Crippen LogP contribution in [0.3, 0.4) is 0 Å². The third kappa shape index (κ3) is 4.21. The highest BCUT2D eigenvalue weighted by molar-refractivity contribution is 9.10. The van der Waals surface area contributed by atoms with Gasteiger partial charge < -0.3 is 10.4 Å². The van der Waals surface area contributed by atoms with Crippen LogP contribution in [0, 0.1) is 0 Å². The molecule has 0 spiro atoms. The van der Waals surface area contributed by atoms with Gasteiger partial charge in [0.2, 0.25) is 0 Å². The van der Waals surface area contributed by atoms with Gasteiger partial charge in [0, 0.05) is 22.7 Å². The highest BCUT2D eigenvalue weighted by Gasteiger charge is 2.16. The van der Waals surface area contributed by atoms with Crippen LogP contribution < -0.4 is 5.32 Å². The Balaban J connectivity index is 1.94. The van der Waals surface area contributed by atoms with Crippen molar-refractivity contribution in [3.8, 4) is 0 Å². The summed E-state index contributed by atoms with van der Waals surface area (Å²) in [7, 11) is 0. The van der Waals surface area contributed by atoms with Crippen molar-refractivity contribution in [3.05, 3.63) is 28.2 Å². The maximum atomic E-state index is 11.0. The number of likely N-dealkylation sites (tertiary alicyclic amines) is 1. The molecule has 0 aliphatic carbocycles. The second-order valence-corrected chi connectivity index (χ2v) is 6.28. The summed E-state index contributed by atoms with van der Waals surface area (Å²) in [6.07, 6.45) is 3.90. The molecule has 4 nitrogen and oxygen atoms in total. The van der Waals surface area contributed by atoms with Crippen LogP contribution in [0.15, 0.2) is 22.7 Å². The average Bonchev–Trinajstić information content (AvgIpc) is 2.45. The average molecular weight is 341 g/mol. The Morgan fingerprint density at radius 1 is 1.35 bits per heavy atom. The number of hydrogen-bond acceptors (Lipinski definition) is 3.